The van der Waals surface area contributed by atoms with Crippen LogP contribution in [-0.2, 0) is 20.8 Å². The summed E-state index contributed by atoms with van der Waals surface area (Å²) in [6.07, 6.45) is -0.0393. The van der Waals surface area contributed by atoms with Crippen molar-refractivity contribution in [2.24, 2.45) is 0 Å². The third-order valence-electron chi connectivity index (χ3n) is 3.89. The van der Waals surface area contributed by atoms with Gasteiger partial charge in [-0.15, -0.1) is 0 Å². The predicted octanol–water partition coefficient (Wildman–Crippen LogP) is 2.71. The van der Waals surface area contributed by atoms with E-state index in [0.717, 1.165) is 4.90 Å². The van der Waals surface area contributed by atoms with E-state index in [0.29, 0.717) is 22.0 Å². The van der Waals surface area contributed by atoms with E-state index in [1.165, 1.54) is 0 Å². The lowest BCUT2D eigenvalue weighted by atomic mass is 10.1. The van der Waals surface area contributed by atoms with Crippen molar-refractivity contribution in [2.45, 2.75) is 18.9 Å². The summed E-state index contributed by atoms with van der Waals surface area (Å²) in [4.78, 5) is 36.6. The van der Waals surface area contributed by atoms with E-state index < -0.39 is 12.0 Å². The zero-order valence-corrected chi connectivity index (χ0v) is 13.9. The highest BCUT2D eigenvalue weighted by atomic mass is 35.5. The lowest BCUT2D eigenvalue weighted by Crippen LogP contribution is -2.35. The SMILES string of the molecule is O=C(O)Cc1ccc(NC2CC(=O)N(c3ccccc3Cl)C2=O)cc1. The molecule has 1 unspecified atom stereocenters. The molecule has 2 aromatic carbocycles. The van der Waals surface area contributed by atoms with Gasteiger partial charge in [-0.05, 0) is 29.8 Å². The van der Waals surface area contributed by atoms with Crippen molar-refractivity contribution in [3.8, 4) is 0 Å². The van der Waals surface area contributed by atoms with Crippen molar-refractivity contribution in [3.05, 3.63) is 59.1 Å². The molecule has 2 aromatic rings. The topological polar surface area (TPSA) is 86.7 Å². The number of rotatable bonds is 5. The number of amides is 2. The Balaban J connectivity index is 1.74. The highest BCUT2D eigenvalue weighted by Gasteiger charge is 2.40. The Bertz CT molecular complexity index is 835. The van der Waals surface area contributed by atoms with E-state index in [4.69, 9.17) is 16.7 Å². The zero-order chi connectivity index (χ0) is 18.0. The number of nitrogens with zero attached hydrogens (tertiary/aromatic N) is 1. The Morgan fingerprint density at radius 2 is 1.84 bits per heavy atom. The zero-order valence-electron chi connectivity index (χ0n) is 13.1. The van der Waals surface area contributed by atoms with Gasteiger partial charge in [-0.2, -0.15) is 0 Å². The van der Waals surface area contributed by atoms with E-state index in [1.807, 2.05) is 0 Å². The van der Waals surface area contributed by atoms with Crippen molar-refractivity contribution in [2.75, 3.05) is 10.2 Å². The van der Waals surface area contributed by atoms with Gasteiger partial charge in [-0.25, -0.2) is 4.90 Å². The molecule has 2 amide bonds. The number of para-hydroxylation sites is 1. The molecule has 7 heteroatoms. The van der Waals surface area contributed by atoms with Gasteiger partial charge in [0.1, 0.15) is 6.04 Å². The molecule has 0 spiro atoms. The summed E-state index contributed by atoms with van der Waals surface area (Å²) in [5.41, 5.74) is 1.67. The maximum Gasteiger partial charge on any atom is 0.307 e. The average molecular weight is 359 g/mol. The molecule has 2 N–H and O–H groups in total. The van der Waals surface area contributed by atoms with Gasteiger partial charge in [-0.1, -0.05) is 35.9 Å². The Morgan fingerprint density at radius 1 is 1.16 bits per heavy atom. The second kappa shape index (κ2) is 6.94. The summed E-state index contributed by atoms with van der Waals surface area (Å²) in [6.45, 7) is 0. The Kier molecular flexibility index (Phi) is 4.72. The number of aliphatic carboxylic acids is 1. The molecule has 0 radical (unpaired) electrons. The summed E-state index contributed by atoms with van der Waals surface area (Å²) >= 11 is 6.09. The first-order valence-corrected chi connectivity index (χ1v) is 8.02. The maximum atomic E-state index is 12.6. The molecular formula is C18H15ClN2O4. The van der Waals surface area contributed by atoms with E-state index in [1.54, 1.807) is 48.5 Å². The molecule has 6 nitrogen and oxygen atoms in total. The van der Waals surface area contributed by atoms with Gasteiger partial charge in [0.2, 0.25) is 5.91 Å². The summed E-state index contributed by atoms with van der Waals surface area (Å²) in [6, 6.07) is 12.7. The van der Waals surface area contributed by atoms with Crippen LogP contribution in [0, 0.1) is 0 Å². The Hall–Kier alpha value is -2.86. The quantitative estimate of drug-likeness (QED) is 0.802. The summed E-state index contributed by atoms with van der Waals surface area (Å²) in [5, 5.41) is 12.1. The fourth-order valence-electron chi connectivity index (χ4n) is 2.73. The van der Waals surface area contributed by atoms with Gasteiger partial charge in [0.15, 0.2) is 0 Å². The normalized spacial score (nSPS) is 17.0. The van der Waals surface area contributed by atoms with Crippen LogP contribution in [0.25, 0.3) is 0 Å². The molecule has 0 aromatic heterocycles. The number of carboxylic acids is 1. The fraction of sp³-hybridized carbons (Fsp3) is 0.167. The molecule has 0 saturated carbocycles. The summed E-state index contributed by atoms with van der Waals surface area (Å²) in [5.74, 6) is -1.60. The lowest BCUT2D eigenvalue weighted by molar-refractivity contribution is -0.136. The monoisotopic (exact) mass is 358 g/mol. The highest BCUT2D eigenvalue weighted by Crippen LogP contribution is 2.30. The number of hydrogen-bond donors (Lipinski definition) is 2. The smallest absolute Gasteiger partial charge is 0.307 e. The molecule has 1 aliphatic heterocycles. The van der Waals surface area contributed by atoms with Crippen LogP contribution in [0.15, 0.2) is 48.5 Å². The van der Waals surface area contributed by atoms with E-state index >= 15 is 0 Å². The molecule has 1 saturated heterocycles. The first-order chi connectivity index (χ1) is 12.0. The molecule has 1 heterocycles. The van der Waals surface area contributed by atoms with Crippen LogP contribution in [-0.4, -0.2) is 28.9 Å². The third-order valence-corrected chi connectivity index (χ3v) is 4.21. The van der Waals surface area contributed by atoms with Crippen LogP contribution in [0.2, 0.25) is 5.02 Å². The number of anilines is 2. The molecule has 0 aliphatic carbocycles. The fourth-order valence-corrected chi connectivity index (χ4v) is 2.95. The predicted molar refractivity (Wildman–Crippen MR) is 93.8 cm³/mol. The average Bonchev–Trinajstić information content (AvgIpc) is 2.83. The number of hydrogen-bond acceptors (Lipinski definition) is 4. The van der Waals surface area contributed by atoms with Crippen LogP contribution in [0.5, 0.6) is 0 Å². The van der Waals surface area contributed by atoms with Crippen molar-refractivity contribution in [3.63, 3.8) is 0 Å². The number of imide groups is 1. The largest absolute Gasteiger partial charge is 0.481 e. The molecule has 3 rings (SSSR count). The van der Waals surface area contributed by atoms with Gasteiger partial charge in [0.25, 0.3) is 5.91 Å². The van der Waals surface area contributed by atoms with Crippen LogP contribution >= 0.6 is 11.6 Å². The standard InChI is InChI=1S/C18H15ClN2O4/c19-13-3-1-2-4-15(13)21-16(22)10-14(18(21)25)20-12-7-5-11(6-8-12)9-17(23)24/h1-8,14,20H,9-10H2,(H,23,24). The molecule has 0 bridgehead atoms. The Morgan fingerprint density at radius 3 is 2.48 bits per heavy atom. The minimum Gasteiger partial charge on any atom is -0.481 e. The first kappa shape index (κ1) is 17.0. The molecule has 25 heavy (non-hydrogen) atoms. The summed E-state index contributed by atoms with van der Waals surface area (Å²) in [7, 11) is 0. The Labute approximate surface area is 149 Å². The van der Waals surface area contributed by atoms with Crippen molar-refractivity contribution >= 4 is 40.8 Å². The molecule has 1 aliphatic rings. The van der Waals surface area contributed by atoms with Crippen LogP contribution in [0.1, 0.15) is 12.0 Å². The number of carbonyl (C=O) groups excluding carboxylic acids is 2. The second-order valence-corrected chi connectivity index (χ2v) is 6.09. The van der Waals surface area contributed by atoms with Gasteiger partial charge >= 0.3 is 5.97 Å². The number of benzene rings is 2. The van der Waals surface area contributed by atoms with Crippen molar-refractivity contribution in [1.29, 1.82) is 0 Å². The minimum absolute atomic E-state index is 0.0287. The minimum atomic E-state index is -0.910. The number of nitrogens with one attached hydrogen (secondary N) is 1. The van der Waals surface area contributed by atoms with Crippen molar-refractivity contribution < 1.29 is 19.5 Å². The highest BCUT2D eigenvalue weighted by molar-refractivity contribution is 6.36. The molecule has 1 atom stereocenters. The van der Waals surface area contributed by atoms with E-state index in [9.17, 15) is 14.4 Å². The molecule has 1 fully saturated rings. The second-order valence-electron chi connectivity index (χ2n) is 5.69. The van der Waals surface area contributed by atoms with E-state index in [-0.39, 0.29) is 24.7 Å². The maximum absolute atomic E-state index is 12.6. The van der Waals surface area contributed by atoms with Crippen LogP contribution < -0.4 is 10.2 Å². The van der Waals surface area contributed by atoms with Gasteiger partial charge in [-0.3, -0.25) is 14.4 Å². The van der Waals surface area contributed by atoms with Crippen molar-refractivity contribution in [1.82, 2.24) is 0 Å². The number of carbonyl (C=O) groups is 3. The van der Waals surface area contributed by atoms with Gasteiger partial charge < -0.3 is 10.4 Å². The third kappa shape index (κ3) is 3.64. The molecule has 128 valence electrons. The van der Waals surface area contributed by atoms with E-state index in [2.05, 4.69) is 5.32 Å². The first-order valence-electron chi connectivity index (χ1n) is 7.64. The van der Waals surface area contributed by atoms with Gasteiger partial charge in [0, 0.05) is 5.69 Å². The molecular weight excluding hydrogens is 344 g/mol. The van der Waals surface area contributed by atoms with Crippen LogP contribution in [0.4, 0.5) is 11.4 Å². The summed E-state index contributed by atoms with van der Waals surface area (Å²) < 4.78 is 0. The number of halogens is 1. The lowest BCUT2D eigenvalue weighted by Gasteiger charge is -2.17. The van der Waals surface area contributed by atoms with Gasteiger partial charge in [0.05, 0.1) is 23.6 Å². The van der Waals surface area contributed by atoms with Crippen LogP contribution in [0.3, 0.4) is 0 Å². The number of carboxylic acid groups (broad SMARTS) is 1.